The van der Waals surface area contributed by atoms with E-state index in [0.717, 1.165) is 30.7 Å². The van der Waals surface area contributed by atoms with E-state index < -0.39 is 5.97 Å². The lowest BCUT2D eigenvalue weighted by atomic mass is 9.97. The van der Waals surface area contributed by atoms with Crippen molar-refractivity contribution in [1.82, 2.24) is 14.9 Å². The van der Waals surface area contributed by atoms with Crippen molar-refractivity contribution in [2.75, 3.05) is 12.9 Å². The number of aromatic carboxylic acids is 1. The third kappa shape index (κ3) is 6.42. The number of aromatic nitrogens is 2. The zero-order chi connectivity index (χ0) is 23.8. The van der Waals surface area contributed by atoms with Gasteiger partial charge < -0.3 is 19.7 Å². The van der Waals surface area contributed by atoms with Gasteiger partial charge in [-0.2, -0.15) is 12.6 Å². The highest BCUT2D eigenvalue weighted by Crippen LogP contribution is 2.26. The number of hydrogen-bond acceptors (Lipinski definition) is 5. The number of nitrogens with zero attached hydrogens (tertiary/aromatic N) is 2. The summed E-state index contributed by atoms with van der Waals surface area (Å²) in [6.45, 7) is 6.73. The standard InChI is InChI=1S/C23H32ClN3O4S/c1-5-6-7-20-26-21(24)18(11-25-22(28)17(13-32)14(2)3)27(20)12-16-9-8-15(23(29)30)10-19(16)31-4/h8-10,14,17,32H,5-7,11-13H2,1-4H3,(H,25,28)(H,29,30). The van der Waals surface area contributed by atoms with Crippen LogP contribution in [0.1, 0.15) is 61.1 Å². The number of carboxylic acid groups (broad SMARTS) is 1. The number of carbonyl (C=O) groups excluding carboxylic acids is 1. The van der Waals surface area contributed by atoms with Gasteiger partial charge in [-0.1, -0.05) is 44.9 Å². The zero-order valence-electron chi connectivity index (χ0n) is 19.0. The molecule has 1 aromatic heterocycles. The molecule has 1 unspecified atom stereocenters. The molecule has 1 aromatic carbocycles. The smallest absolute Gasteiger partial charge is 0.335 e. The van der Waals surface area contributed by atoms with Gasteiger partial charge in [0.25, 0.3) is 0 Å². The molecule has 9 heteroatoms. The van der Waals surface area contributed by atoms with Gasteiger partial charge >= 0.3 is 5.97 Å². The minimum absolute atomic E-state index is 0.0719. The lowest BCUT2D eigenvalue weighted by molar-refractivity contribution is -0.125. The number of amides is 1. The van der Waals surface area contributed by atoms with Crippen molar-refractivity contribution in [2.45, 2.75) is 53.1 Å². The predicted molar refractivity (Wildman–Crippen MR) is 129 cm³/mol. The van der Waals surface area contributed by atoms with Crippen molar-refractivity contribution >= 4 is 36.1 Å². The lowest BCUT2D eigenvalue weighted by Gasteiger charge is -2.19. The van der Waals surface area contributed by atoms with Crippen LogP contribution < -0.4 is 10.1 Å². The molecule has 1 heterocycles. The van der Waals surface area contributed by atoms with Crippen LogP contribution in [0.4, 0.5) is 0 Å². The predicted octanol–water partition coefficient (Wildman–Crippen LogP) is 4.45. The molecule has 1 atom stereocenters. The van der Waals surface area contributed by atoms with Gasteiger partial charge in [0.2, 0.25) is 5.91 Å². The SMILES string of the molecule is CCCCc1nc(Cl)c(CNC(=O)C(CS)C(C)C)n1Cc1ccc(C(=O)O)cc1OC. The van der Waals surface area contributed by atoms with Crippen molar-refractivity contribution in [1.29, 1.82) is 0 Å². The molecule has 0 aliphatic carbocycles. The zero-order valence-corrected chi connectivity index (χ0v) is 20.7. The van der Waals surface area contributed by atoms with Crippen LogP contribution in [0.5, 0.6) is 5.75 Å². The van der Waals surface area contributed by atoms with Gasteiger partial charge in [-0.25, -0.2) is 9.78 Å². The largest absolute Gasteiger partial charge is 0.496 e. The molecule has 1 amide bonds. The Hall–Kier alpha value is -2.19. The van der Waals surface area contributed by atoms with Crippen molar-refractivity contribution in [2.24, 2.45) is 11.8 Å². The van der Waals surface area contributed by atoms with Gasteiger partial charge in [-0.05, 0) is 24.5 Å². The first-order chi connectivity index (χ1) is 15.2. The minimum Gasteiger partial charge on any atom is -0.496 e. The maximum atomic E-state index is 12.6. The van der Waals surface area contributed by atoms with Gasteiger partial charge in [-0.3, -0.25) is 4.79 Å². The Morgan fingerprint density at radius 3 is 2.62 bits per heavy atom. The second-order valence-corrected chi connectivity index (χ2v) is 8.76. The van der Waals surface area contributed by atoms with Crippen LogP contribution in [0.15, 0.2) is 18.2 Å². The van der Waals surface area contributed by atoms with E-state index in [-0.39, 0.29) is 29.9 Å². The van der Waals surface area contributed by atoms with Crippen molar-refractivity contribution in [3.05, 3.63) is 46.0 Å². The number of thiol groups is 1. The average Bonchev–Trinajstić information content (AvgIpc) is 3.05. The van der Waals surface area contributed by atoms with Gasteiger partial charge in [0.1, 0.15) is 11.6 Å². The molecular formula is C23H32ClN3O4S. The number of rotatable bonds is 12. The molecule has 0 aliphatic heterocycles. The Morgan fingerprint density at radius 1 is 1.34 bits per heavy atom. The number of unbranched alkanes of at least 4 members (excludes halogenated alkanes) is 1. The van der Waals surface area contributed by atoms with Crippen LogP contribution in [0.3, 0.4) is 0 Å². The monoisotopic (exact) mass is 481 g/mol. The molecule has 2 aromatic rings. The second kappa shape index (κ2) is 12.2. The molecule has 0 radical (unpaired) electrons. The van der Waals surface area contributed by atoms with E-state index in [1.807, 2.05) is 18.4 Å². The highest BCUT2D eigenvalue weighted by atomic mass is 35.5. The summed E-state index contributed by atoms with van der Waals surface area (Å²) in [4.78, 5) is 28.5. The molecule has 0 saturated heterocycles. The molecule has 0 fully saturated rings. The van der Waals surface area contributed by atoms with E-state index in [1.54, 1.807) is 12.1 Å². The Bertz CT molecular complexity index is 946. The highest BCUT2D eigenvalue weighted by Gasteiger charge is 2.23. The fraction of sp³-hybridized carbons (Fsp3) is 0.522. The molecule has 176 valence electrons. The quantitative estimate of drug-likeness (QED) is 0.389. The average molecular weight is 482 g/mol. The first kappa shape index (κ1) is 26.1. The summed E-state index contributed by atoms with van der Waals surface area (Å²) in [6, 6.07) is 4.78. The van der Waals surface area contributed by atoms with Crippen LogP contribution >= 0.6 is 24.2 Å². The number of nitrogens with one attached hydrogen (secondary N) is 1. The normalized spacial score (nSPS) is 12.1. The van der Waals surface area contributed by atoms with Crippen molar-refractivity contribution < 1.29 is 19.4 Å². The molecule has 0 spiro atoms. The Labute approximate surface area is 199 Å². The van der Waals surface area contributed by atoms with Crippen LogP contribution in [0.2, 0.25) is 5.15 Å². The molecule has 0 aliphatic rings. The third-order valence-electron chi connectivity index (χ3n) is 5.49. The summed E-state index contributed by atoms with van der Waals surface area (Å²) in [7, 11) is 1.51. The lowest BCUT2D eigenvalue weighted by Crippen LogP contribution is -2.34. The van der Waals surface area contributed by atoms with Gasteiger partial charge in [0.15, 0.2) is 5.15 Å². The molecule has 7 nitrogen and oxygen atoms in total. The number of imidazole rings is 1. The molecular weight excluding hydrogens is 450 g/mol. The third-order valence-corrected chi connectivity index (χ3v) is 6.18. The van der Waals surface area contributed by atoms with Crippen LogP contribution in [-0.4, -0.2) is 39.4 Å². The summed E-state index contributed by atoms with van der Waals surface area (Å²) < 4.78 is 7.43. The summed E-state index contributed by atoms with van der Waals surface area (Å²) >= 11 is 10.8. The van der Waals surface area contributed by atoms with E-state index in [4.69, 9.17) is 16.3 Å². The number of carbonyl (C=O) groups is 2. The number of carboxylic acids is 1. The first-order valence-electron chi connectivity index (χ1n) is 10.8. The fourth-order valence-electron chi connectivity index (χ4n) is 3.46. The highest BCUT2D eigenvalue weighted by molar-refractivity contribution is 7.80. The van der Waals surface area contributed by atoms with E-state index in [2.05, 4.69) is 29.9 Å². The Morgan fingerprint density at radius 2 is 2.06 bits per heavy atom. The maximum absolute atomic E-state index is 12.6. The van der Waals surface area contributed by atoms with E-state index in [1.165, 1.54) is 13.2 Å². The molecule has 0 saturated carbocycles. The minimum atomic E-state index is -1.02. The maximum Gasteiger partial charge on any atom is 0.335 e. The Kier molecular flexibility index (Phi) is 9.90. The van der Waals surface area contributed by atoms with Crippen molar-refractivity contribution in [3.63, 3.8) is 0 Å². The number of ether oxygens (including phenoxy) is 1. The molecule has 0 bridgehead atoms. The van der Waals surface area contributed by atoms with Crippen molar-refractivity contribution in [3.8, 4) is 5.75 Å². The molecule has 2 rings (SSSR count). The van der Waals surface area contributed by atoms with Crippen LogP contribution in [0, 0.1) is 11.8 Å². The summed E-state index contributed by atoms with van der Waals surface area (Å²) in [5.74, 6) is 0.641. The molecule has 32 heavy (non-hydrogen) atoms. The molecule has 2 N–H and O–H groups in total. The summed E-state index contributed by atoms with van der Waals surface area (Å²) in [6.07, 6.45) is 2.69. The first-order valence-corrected chi connectivity index (χ1v) is 11.8. The number of halogens is 1. The van der Waals surface area contributed by atoms with Gasteiger partial charge in [0.05, 0.1) is 31.5 Å². The summed E-state index contributed by atoms with van der Waals surface area (Å²) in [5.41, 5.74) is 1.66. The van der Waals surface area contributed by atoms with E-state index >= 15 is 0 Å². The number of hydrogen-bond donors (Lipinski definition) is 3. The fourth-order valence-corrected chi connectivity index (χ4v) is 4.32. The van der Waals surface area contributed by atoms with Crippen LogP contribution in [0.25, 0.3) is 0 Å². The second-order valence-electron chi connectivity index (χ2n) is 8.04. The van der Waals surface area contributed by atoms with E-state index in [0.29, 0.717) is 28.9 Å². The van der Waals surface area contributed by atoms with Crippen LogP contribution in [-0.2, 0) is 24.3 Å². The van der Waals surface area contributed by atoms with Gasteiger partial charge in [-0.15, -0.1) is 0 Å². The number of benzene rings is 1. The van der Waals surface area contributed by atoms with E-state index in [9.17, 15) is 14.7 Å². The number of methoxy groups -OCH3 is 1. The number of aryl methyl sites for hydroxylation is 1. The summed E-state index contributed by atoms with van der Waals surface area (Å²) in [5, 5.41) is 12.6. The topological polar surface area (TPSA) is 93.5 Å². The Balaban J connectivity index is 2.38. The van der Waals surface area contributed by atoms with Gasteiger partial charge in [0, 0.05) is 23.7 Å².